The Kier molecular flexibility index (Phi) is 8.68. The van der Waals surface area contributed by atoms with Gasteiger partial charge in [0.05, 0.1) is 6.61 Å². The quantitative estimate of drug-likeness (QED) is 0.362. The number of hydrogen-bond acceptors (Lipinski definition) is 3. The lowest BCUT2D eigenvalue weighted by Crippen LogP contribution is -2.24. The Morgan fingerprint density at radius 2 is 1.90 bits per heavy atom. The van der Waals surface area contributed by atoms with Crippen LogP contribution in [0.3, 0.4) is 0 Å². The molecule has 29 heavy (non-hydrogen) atoms. The van der Waals surface area contributed by atoms with Gasteiger partial charge in [-0.3, -0.25) is 4.79 Å². The van der Waals surface area contributed by atoms with Crippen molar-refractivity contribution in [2.24, 2.45) is 16.5 Å². The van der Waals surface area contributed by atoms with Crippen molar-refractivity contribution in [3.8, 4) is 16.9 Å². The second-order valence-electron chi connectivity index (χ2n) is 7.24. The molecule has 0 bridgehead atoms. The van der Waals surface area contributed by atoms with Crippen LogP contribution in [-0.2, 0) is 16.0 Å². The molecule has 0 aliphatic rings. The molecule has 0 radical (unpaired) electrons. The molecular formula is C23H31N3O3. The van der Waals surface area contributed by atoms with Crippen molar-refractivity contribution < 1.29 is 14.3 Å². The predicted octanol–water partition coefficient (Wildman–Crippen LogP) is 3.62. The summed E-state index contributed by atoms with van der Waals surface area (Å²) in [5, 5.41) is 0. The van der Waals surface area contributed by atoms with Crippen LogP contribution >= 0.6 is 0 Å². The largest absolute Gasteiger partial charge is 0.493 e. The maximum atomic E-state index is 11.8. The Bertz CT molecular complexity index is 843. The van der Waals surface area contributed by atoms with Gasteiger partial charge in [-0.05, 0) is 35.1 Å². The maximum absolute atomic E-state index is 11.8. The molecule has 0 fully saturated rings. The smallest absolute Gasteiger partial charge is 0.249 e. The van der Waals surface area contributed by atoms with Gasteiger partial charge in [0.25, 0.3) is 0 Å². The lowest BCUT2D eigenvalue weighted by Gasteiger charge is -2.15. The monoisotopic (exact) mass is 397 g/mol. The Morgan fingerprint density at radius 3 is 2.59 bits per heavy atom. The van der Waals surface area contributed by atoms with E-state index in [2.05, 4.69) is 43.1 Å². The number of methoxy groups -OCH3 is 1. The van der Waals surface area contributed by atoms with Crippen LogP contribution in [0.15, 0.2) is 47.5 Å². The molecule has 0 aliphatic carbocycles. The first kappa shape index (κ1) is 22.4. The normalized spacial score (nSPS) is 10.8. The molecule has 0 atom stereocenters. The van der Waals surface area contributed by atoms with Gasteiger partial charge < -0.3 is 20.9 Å². The van der Waals surface area contributed by atoms with E-state index in [1.165, 1.54) is 5.56 Å². The molecule has 6 nitrogen and oxygen atoms in total. The molecule has 0 saturated carbocycles. The Hall–Kier alpha value is -2.86. The van der Waals surface area contributed by atoms with Gasteiger partial charge in [0.1, 0.15) is 5.75 Å². The van der Waals surface area contributed by atoms with Gasteiger partial charge in [-0.15, -0.1) is 0 Å². The van der Waals surface area contributed by atoms with E-state index < -0.39 is 0 Å². The lowest BCUT2D eigenvalue weighted by molar-refractivity contribution is -0.117. The number of carbonyl (C=O) groups is 1. The zero-order valence-corrected chi connectivity index (χ0v) is 17.5. The Balaban J connectivity index is 2.26. The summed E-state index contributed by atoms with van der Waals surface area (Å²) in [6.45, 7) is 5.56. The molecule has 2 aromatic carbocycles. The molecule has 0 saturated heterocycles. The maximum Gasteiger partial charge on any atom is 0.249 e. The fourth-order valence-electron chi connectivity index (χ4n) is 2.98. The summed E-state index contributed by atoms with van der Waals surface area (Å²) in [6.07, 6.45) is 1.58. The molecule has 156 valence electrons. The van der Waals surface area contributed by atoms with E-state index >= 15 is 0 Å². The van der Waals surface area contributed by atoms with Crippen LogP contribution in [0.4, 0.5) is 0 Å². The summed E-state index contributed by atoms with van der Waals surface area (Å²) in [5.41, 5.74) is 14.9. The summed E-state index contributed by atoms with van der Waals surface area (Å²) in [6, 6.07) is 14.5. The standard InChI is InChI=1S/C23H31N3O3/c1-16(2)18-6-4-7-19(15-18)20-10-8-17(9-11-22(27)26-23(24)25)14-21(20)29-13-5-12-28-3/h4,6-8,10,14-16H,5,9,11-13H2,1-3H3,(H4,24,25,26,27). The fourth-order valence-corrected chi connectivity index (χ4v) is 2.98. The first-order chi connectivity index (χ1) is 13.9. The highest BCUT2D eigenvalue weighted by atomic mass is 16.5. The van der Waals surface area contributed by atoms with E-state index in [0.29, 0.717) is 25.6 Å². The van der Waals surface area contributed by atoms with Gasteiger partial charge in [-0.1, -0.05) is 50.2 Å². The second-order valence-corrected chi connectivity index (χ2v) is 7.24. The number of nitrogens with zero attached hydrogens (tertiary/aromatic N) is 1. The van der Waals surface area contributed by atoms with E-state index in [9.17, 15) is 4.79 Å². The third kappa shape index (κ3) is 7.23. The van der Waals surface area contributed by atoms with Crippen LogP contribution < -0.4 is 16.2 Å². The van der Waals surface area contributed by atoms with Crippen LogP contribution in [0.2, 0.25) is 0 Å². The highest BCUT2D eigenvalue weighted by Gasteiger charge is 2.11. The number of aliphatic imine (C=N–C) groups is 1. The average molecular weight is 398 g/mol. The zero-order valence-electron chi connectivity index (χ0n) is 17.5. The molecule has 4 N–H and O–H groups in total. The third-order valence-electron chi connectivity index (χ3n) is 4.54. The number of guanidine groups is 1. The number of carbonyl (C=O) groups excluding carboxylic acids is 1. The lowest BCUT2D eigenvalue weighted by atomic mass is 9.96. The van der Waals surface area contributed by atoms with Crippen molar-refractivity contribution in [2.45, 2.75) is 39.0 Å². The molecule has 2 aromatic rings. The van der Waals surface area contributed by atoms with Gasteiger partial charge in [0.2, 0.25) is 5.91 Å². The molecule has 0 aromatic heterocycles. The van der Waals surface area contributed by atoms with Crippen LogP contribution in [0.25, 0.3) is 11.1 Å². The third-order valence-corrected chi connectivity index (χ3v) is 4.54. The predicted molar refractivity (Wildman–Crippen MR) is 117 cm³/mol. The van der Waals surface area contributed by atoms with Gasteiger partial charge in [0, 0.05) is 32.1 Å². The van der Waals surface area contributed by atoms with Crippen LogP contribution in [0.1, 0.15) is 43.7 Å². The van der Waals surface area contributed by atoms with E-state index in [0.717, 1.165) is 28.9 Å². The highest BCUT2D eigenvalue weighted by molar-refractivity contribution is 5.91. The number of aryl methyl sites for hydroxylation is 1. The summed E-state index contributed by atoms with van der Waals surface area (Å²) >= 11 is 0. The van der Waals surface area contributed by atoms with E-state index in [4.69, 9.17) is 20.9 Å². The van der Waals surface area contributed by atoms with Gasteiger partial charge in [0.15, 0.2) is 5.96 Å². The van der Waals surface area contributed by atoms with Gasteiger partial charge in [-0.2, -0.15) is 4.99 Å². The minimum atomic E-state index is -0.332. The topological polar surface area (TPSA) is 99.9 Å². The molecule has 1 amide bonds. The Morgan fingerprint density at radius 1 is 1.10 bits per heavy atom. The van der Waals surface area contributed by atoms with Crippen molar-refractivity contribution in [2.75, 3.05) is 20.3 Å². The average Bonchev–Trinajstić information content (AvgIpc) is 2.69. The summed E-state index contributed by atoms with van der Waals surface area (Å²) in [7, 11) is 1.68. The number of amides is 1. The number of ether oxygens (including phenoxy) is 2. The van der Waals surface area contributed by atoms with Crippen molar-refractivity contribution >= 4 is 11.9 Å². The van der Waals surface area contributed by atoms with Crippen molar-refractivity contribution in [1.82, 2.24) is 0 Å². The first-order valence-electron chi connectivity index (χ1n) is 9.88. The van der Waals surface area contributed by atoms with Crippen LogP contribution in [0, 0.1) is 0 Å². The van der Waals surface area contributed by atoms with E-state index in [1.54, 1.807) is 7.11 Å². The highest BCUT2D eigenvalue weighted by Crippen LogP contribution is 2.33. The summed E-state index contributed by atoms with van der Waals surface area (Å²) < 4.78 is 11.2. The van der Waals surface area contributed by atoms with Gasteiger partial charge in [-0.25, -0.2) is 0 Å². The molecule has 0 spiro atoms. The van der Waals surface area contributed by atoms with E-state index in [-0.39, 0.29) is 18.3 Å². The minimum absolute atomic E-state index is 0.211. The van der Waals surface area contributed by atoms with Crippen LogP contribution in [0.5, 0.6) is 5.75 Å². The zero-order chi connectivity index (χ0) is 21.2. The molecule has 0 heterocycles. The second kappa shape index (κ2) is 11.2. The number of rotatable bonds is 10. The molecular weight excluding hydrogens is 366 g/mol. The van der Waals surface area contributed by atoms with Crippen molar-refractivity contribution in [3.63, 3.8) is 0 Å². The molecule has 2 rings (SSSR count). The SMILES string of the molecule is COCCCOc1cc(CCC(=O)N=C(N)N)ccc1-c1cccc(C(C)C)c1. The van der Waals surface area contributed by atoms with Gasteiger partial charge >= 0.3 is 0 Å². The van der Waals surface area contributed by atoms with E-state index in [1.807, 2.05) is 18.2 Å². The number of benzene rings is 2. The minimum Gasteiger partial charge on any atom is -0.493 e. The van der Waals surface area contributed by atoms with Crippen molar-refractivity contribution in [1.29, 1.82) is 0 Å². The molecule has 0 unspecified atom stereocenters. The Labute approximate surface area is 172 Å². The first-order valence-corrected chi connectivity index (χ1v) is 9.88. The number of nitrogens with two attached hydrogens (primary N) is 2. The molecule has 0 aliphatic heterocycles. The van der Waals surface area contributed by atoms with Crippen molar-refractivity contribution in [3.05, 3.63) is 53.6 Å². The fraction of sp³-hybridized carbons (Fsp3) is 0.391. The number of hydrogen-bond donors (Lipinski definition) is 2. The van der Waals surface area contributed by atoms with Crippen LogP contribution in [-0.4, -0.2) is 32.2 Å². The summed E-state index contributed by atoms with van der Waals surface area (Å²) in [4.78, 5) is 15.3. The summed E-state index contributed by atoms with van der Waals surface area (Å²) in [5.74, 6) is 0.703. The molecule has 6 heteroatoms.